The van der Waals surface area contributed by atoms with Gasteiger partial charge in [0.15, 0.2) is 0 Å². The van der Waals surface area contributed by atoms with Gasteiger partial charge in [-0.2, -0.15) is 0 Å². The van der Waals surface area contributed by atoms with Crippen LogP contribution in [0.15, 0.2) is 60.8 Å². The Morgan fingerprint density at radius 2 is 1.90 bits per heavy atom. The second kappa shape index (κ2) is 7.25. The highest BCUT2D eigenvalue weighted by molar-refractivity contribution is 5.91. The fourth-order valence-corrected chi connectivity index (χ4v) is 5.12. The number of hydrogen-bond donors (Lipinski definition) is 4. The maximum atomic E-state index is 11.0. The number of nitrogen functional groups attached to an aromatic ring is 2. The third kappa shape index (κ3) is 3.32. The third-order valence-corrected chi connectivity index (χ3v) is 7.02. The van der Waals surface area contributed by atoms with Crippen molar-refractivity contribution in [2.24, 2.45) is 5.41 Å². The van der Waals surface area contributed by atoms with E-state index in [1.807, 2.05) is 36.5 Å². The topological polar surface area (TPSA) is 110 Å². The van der Waals surface area contributed by atoms with Gasteiger partial charge in [0.2, 0.25) is 0 Å². The lowest BCUT2D eigenvalue weighted by atomic mass is 9.80. The van der Waals surface area contributed by atoms with Crippen molar-refractivity contribution in [3.8, 4) is 0 Å². The van der Waals surface area contributed by atoms with Crippen molar-refractivity contribution >= 4 is 33.3 Å². The van der Waals surface area contributed by atoms with Crippen LogP contribution in [-0.4, -0.2) is 32.0 Å². The van der Waals surface area contributed by atoms with Crippen LogP contribution < -0.4 is 11.5 Å². The largest absolute Gasteiger partial charge is 0.398 e. The van der Waals surface area contributed by atoms with E-state index in [4.69, 9.17) is 11.5 Å². The van der Waals surface area contributed by atoms with Gasteiger partial charge in [-0.1, -0.05) is 25.1 Å². The number of fused-ring (bicyclic) bond motifs is 2. The molecule has 0 aliphatic heterocycles. The molecule has 6 heteroatoms. The first-order valence-electron chi connectivity index (χ1n) is 10.7. The van der Waals surface area contributed by atoms with Gasteiger partial charge >= 0.3 is 0 Å². The zero-order chi connectivity index (χ0) is 21.8. The summed E-state index contributed by atoms with van der Waals surface area (Å²) in [6.45, 7) is 2.07. The van der Waals surface area contributed by atoms with Gasteiger partial charge < -0.3 is 26.2 Å². The lowest BCUT2D eigenvalue weighted by Crippen LogP contribution is -2.35. The summed E-state index contributed by atoms with van der Waals surface area (Å²) >= 11 is 0. The van der Waals surface area contributed by atoms with E-state index >= 15 is 0 Å². The van der Waals surface area contributed by atoms with Crippen LogP contribution in [0.1, 0.15) is 31.4 Å². The molecule has 2 aromatic carbocycles. The quantitative estimate of drug-likeness (QED) is 0.380. The Balaban J connectivity index is 1.39. The van der Waals surface area contributed by atoms with Crippen LogP contribution in [0.2, 0.25) is 0 Å². The molecule has 1 aliphatic carbocycles. The van der Waals surface area contributed by atoms with Crippen LogP contribution >= 0.6 is 0 Å². The molecule has 160 valence electrons. The number of anilines is 2. The van der Waals surface area contributed by atoms with Gasteiger partial charge in [0.05, 0.1) is 23.2 Å². The molecule has 1 fully saturated rings. The summed E-state index contributed by atoms with van der Waals surface area (Å²) in [5.74, 6) is 0.508. The van der Waals surface area contributed by atoms with Gasteiger partial charge in [-0.05, 0) is 66.6 Å². The van der Waals surface area contributed by atoms with Crippen LogP contribution in [0.5, 0.6) is 0 Å². The number of aromatic nitrogens is 2. The first kappa shape index (κ1) is 19.8. The number of pyridine rings is 1. The Labute approximate surface area is 181 Å². The average Bonchev–Trinajstić information content (AvgIpc) is 3.28. The highest BCUT2D eigenvalue weighted by Crippen LogP contribution is 2.48. The lowest BCUT2D eigenvalue weighted by Gasteiger charge is -2.28. The molecule has 0 bridgehead atoms. The van der Waals surface area contributed by atoms with Gasteiger partial charge in [0.1, 0.15) is 11.9 Å². The monoisotopic (exact) mass is 416 g/mol. The summed E-state index contributed by atoms with van der Waals surface area (Å²) in [7, 11) is 0. The number of aliphatic hydroxyl groups excluding tert-OH is 2. The molecule has 0 radical (unpaired) electrons. The number of nitrogens with zero attached hydrogens (tertiary/aromatic N) is 2. The molecule has 4 aromatic rings. The van der Waals surface area contributed by atoms with Crippen LogP contribution in [0.3, 0.4) is 0 Å². The van der Waals surface area contributed by atoms with Crippen molar-refractivity contribution in [3.63, 3.8) is 0 Å². The van der Waals surface area contributed by atoms with E-state index in [-0.39, 0.29) is 6.04 Å². The van der Waals surface area contributed by atoms with Crippen LogP contribution in [0, 0.1) is 5.41 Å². The van der Waals surface area contributed by atoms with Crippen LogP contribution in [0.25, 0.3) is 21.8 Å². The Morgan fingerprint density at radius 3 is 2.74 bits per heavy atom. The molecule has 0 amide bonds. The first-order chi connectivity index (χ1) is 14.9. The lowest BCUT2D eigenvalue weighted by molar-refractivity contribution is -0.0241. The standard InChI is InChI=1S/C25H28N4O2/c1-25(11-9-15-5-6-16-7-8-22(27)28-19(16)13-15)14-21(23(30)24(25)31)29-12-10-17-18(26)3-2-4-20(17)29/h2-8,10,12-13,21,23-24,30-31H,9,11,14,26H2,1H3,(H2,27,28)/t21-,23+,24+,25+/m1/s1. The summed E-state index contributed by atoms with van der Waals surface area (Å²) in [5, 5.41) is 23.9. The number of aliphatic hydroxyl groups is 2. The summed E-state index contributed by atoms with van der Waals surface area (Å²) < 4.78 is 2.06. The van der Waals surface area contributed by atoms with Crippen molar-refractivity contribution < 1.29 is 10.2 Å². The fraction of sp³-hybridized carbons (Fsp3) is 0.320. The van der Waals surface area contributed by atoms with Gasteiger partial charge in [-0.3, -0.25) is 0 Å². The average molecular weight is 417 g/mol. The SMILES string of the molecule is C[C@]1(CCc2ccc3ccc(N)nc3c2)C[C@@H](n2ccc3c(N)cccc32)[C@H](O)[C@@H]1O. The van der Waals surface area contributed by atoms with E-state index in [0.29, 0.717) is 12.2 Å². The second-order valence-corrected chi connectivity index (χ2v) is 9.13. The molecule has 1 saturated carbocycles. The number of rotatable bonds is 4. The molecular formula is C25H28N4O2. The Morgan fingerprint density at radius 1 is 1.10 bits per heavy atom. The molecule has 5 rings (SSSR count). The summed E-state index contributed by atoms with van der Waals surface area (Å²) in [4.78, 5) is 4.42. The minimum absolute atomic E-state index is 0.197. The summed E-state index contributed by atoms with van der Waals surface area (Å²) in [6.07, 6.45) is 2.57. The molecule has 1 aliphatic rings. The van der Waals surface area contributed by atoms with Crippen molar-refractivity contribution in [1.29, 1.82) is 0 Å². The number of benzene rings is 2. The Hall–Kier alpha value is -3.09. The van der Waals surface area contributed by atoms with E-state index < -0.39 is 17.6 Å². The third-order valence-electron chi connectivity index (χ3n) is 7.02. The minimum atomic E-state index is -0.833. The molecule has 6 N–H and O–H groups in total. The summed E-state index contributed by atoms with van der Waals surface area (Å²) in [6, 6.07) is 17.6. The fourth-order valence-electron chi connectivity index (χ4n) is 5.12. The number of hydrogen-bond acceptors (Lipinski definition) is 5. The van der Waals surface area contributed by atoms with Crippen molar-refractivity contribution in [3.05, 3.63) is 66.4 Å². The molecule has 0 spiro atoms. The Bertz CT molecular complexity index is 1270. The molecular weight excluding hydrogens is 388 g/mol. The van der Waals surface area contributed by atoms with E-state index in [9.17, 15) is 10.2 Å². The minimum Gasteiger partial charge on any atom is -0.398 e. The maximum absolute atomic E-state index is 11.0. The van der Waals surface area contributed by atoms with Crippen molar-refractivity contribution in [2.45, 2.75) is 44.4 Å². The Kier molecular flexibility index (Phi) is 4.64. The van der Waals surface area contributed by atoms with Crippen LogP contribution in [-0.2, 0) is 6.42 Å². The van der Waals surface area contributed by atoms with Crippen molar-refractivity contribution in [1.82, 2.24) is 9.55 Å². The zero-order valence-electron chi connectivity index (χ0n) is 17.6. The normalized spacial score (nSPS) is 26.1. The second-order valence-electron chi connectivity index (χ2n) is 9.13. The zero-order valence-corrected chi connectivity index (χ0v) is 17.6. The van der Waals surface area contributed by atoms with Gasteiger partial charge in [0, 0.05) is 22.7 Å². The molecule has 2 aromatic heterocycles. The smallest absolute Gasteiger partial charge is 0.124 e. The highest BCUT2D eigenvalue weighted by atomic mass is 16.3. The van der Waals surface area contributed by atoms with E-state index in [1.54, 1.807) is 6.07 Å². The molecule has 2 heterocycles. The number of nitrogens with two attached hydrogens (primary N) is 2. The molecule has 0 saturated heterocycles. The number of aryl methyl sites for hydroxylation is 1. The van der Waals surface area contributed by atoms with E-state index in [2.05, 4.69) is 34.7 Å². The maximum Gasteiger partial charge on any atom is 0.124 e. The van der Waals surface area contributed by atoms with Crippen molar-refractivity contribution in [2.75, 3.05) is 11.5 Å². The van der Waals surface area contributed by atoms with Gasteiger partial charge in [-0.15, -0.1) is 0 Å². The molecule has 31 heavy (non-hydrogen) atoms. The predicted molar refractivity (Wildman–Crippen MR) is 125 cm³/mol. The molecule has 6 nitrogen and oxygen atoms in total. The summed E-state index contributed by atoms with van der Waals surface area (Å²) in [5.41, 5.74) is 15.3. The predicted octanol–water partition coefficient (Wildman–Crippen LogP) is 3.66. The first-order valence-corrected chi connectivity index (χ1v) is 10.7. The van der Waals surface area contributed by atoms with E-state index in [0.717, 1.165) is 45.9 Å². The van der Waals surface area contributed by atoms with E-state index in [1.165, 1.54) is 0 Å². The highest BCUT2D eigenvalue weighted by Gasteiger charge is 2.50. The van der Waals surface area contributed by atoms with Gasteiger partial charge in [0.25, 0.3) is 0 Å². The molecule has 0 unspecified atom stereocenters. The molecule has 4 atom stereocenters. The van der Waals surface area contributed by atoms with Gasteiger partial charge in [-0.25, -0.2) is 4.98 Å². The van der Waals surface area contributed by atoms with Crippen LogP contribution in [0.4, 0.5) is 11.5 Å².